The van der Waals surface area contributed by atoms with E-state index in [9.17, 15) is 9.59 Å². The van der Waals surface area contributed by atoms with Crippen LogP contribution in [0.1, 0.15) is 18.2 Å². The maximum Gasteiger partial charge on any atom is 0.238 e. The Kier molecular flexibility index (Phi) is 3.96. The summed E-state index contributed by atoms with van der Waals surface area (Å²) in [7, 11) is 0. The molecule has 2 saturated heterocycles. The molecule has 0 saturated carbocycles. The SMILES string of the molecule is O=C(C1CC(=O)N(c2ccccc2)C1)N1CC(c2nc(-c3ccco3)no2)C1. The predicted molar refractivity (Wildman–Crippen MR) is 98.2 cm³/mol. The van der Waals surface area contributed by atoms with Crippen molar-refractivity contribution in [2.24, 2.45) is 5.92 Å². The molecule has 1 aromatic carbocycles. The maximum absolute atomic E-state index is 12.8. The van der Waals surface area contributed by atoms with Gasteiger partial charge in [0.05, 0.1) is 18.1 Å². The van der Waals surface area contributed by atoms with E-state index in [4.69, 9.17) is 8.94 Å². The van der Waals surface area contributed by atoms with E-state index in [0.29, 0.717) is 37.1 Å². The van der Waals surface area contributed by atoms with Crippen molar-refractivity contribution in [3.8, 4) is 11.6 Å². The standard InChI is InChI=1S/C20H18N4O4/c25-17-9-13(12-24(17)15-5-2-1-3-6-15)20(26)23-10-14(11-23)19-21-18(22-28-19)16-7-4-8-27-16/h1-8,13-14H,9-12H2. The number of likely N-dealkylation sites (tertiary alicyclic amines) is 1. The van der Waals surface area contributed by atoms with Gasteiger partial charge < -0.3 is 18.7 Å². The fourth-order valence-electron chi connectivity index (χ4n) is 3.71. The number of carbonyl (C=O) groups excluding carboxylic acids is 2. The molecule has 1 atom stereocenters. The molecule has 0 N–H and O–H groups in total. The number of amides is 2. The van der Waals surface area contributed by atoms with Gasteiger partial charge >= 0.3 is 0 Å². The molecule has 8 nitrogen and oxygen atoms in total. The minimum atomic E-state index is -0.310. The van der Waals surface area contributed by atoms with Crippen LogP contribution in [0.2, 0.25) is 0 Å². The lowest BCUT2D eigenvalue weighted by Gasteiger charge is -2.38. The van der Waals surface area contributed by atoms with E-state index < -0.39 is 0 Å². The lowest BCUT2D eigenvalue weighted by molar-refractivity contribution is -0.140. The highest BCUT2D eigenvalue weighted by Gasteiger charge is 2.42. The smallest absolute Gasteiger partial charge is 0.238 e. The van der Waals surface area contributed by atoms with Gasteiger partial charge in [0, 0.05) is 31.7 Å². The molecule has 0 aliphatic carbocycles. The van der Waals surface area contributed by atoms with Crippen LogP contribution in [0.25, 0.3) is 11.6 Å². The molecule has 2 amide bonds. The van der Waals surface area contributed by atoms with Gasteiger partial charge in [0.1, 0.15) is 0 Å². The molecule has 5 rings (SSSR count). The van der Waals surface area contributed by atoms with Crippen LogP contribution in [-0.4, -0.2) is 46.5 Å². The van der Waals surface area contributed by atoms with Crippen molar-refractivity contribution in [1.82, 2.24) is 15.0 Å². The van der Waals surface area contributed by atoms with Crippen molar-refractivity contribution in [2.75, 3.05) is 24.5 Å². The van der Waals surface area contributed by atoms with Crippen molar-refractivity contribution in [3.63, 3.8) is 0 Å². The van der Waals surface area contributed by atoms with Crippen LogP contribution in [0.5, 0.6) is 0 Å². The van der Waals surface area contributed by atoms with Gasteiger partial charge in [0.25, 0.3) is 0 Å². The molecule has 2 aliphatic heterocycles. The van der Waals surface area contributed by atoms with Crippen molar-refractivity contribution in [1.29, 1.82) is 0 Å². The van der Waals surface area contributed by atoms with E-state index in [1.54, 1.807) is 28.2 Å². The first-order chi connectivity index (χ1) is 13.7. The number of para-hydroxylation sites is 1. The maximum atomic E-state index is 12.8. The summed E-state index contributed by atoms with van der Waals surface area (Å²) in [6.45, 7) is 1.47. The van der Waals surface area contributed by atoms with Gasteiger partial charge in [-0.1, -0.05) is 23.4 Å². The van der Waals surface area contributed by atoms with Crippen molar-refractivity contribution in [2.45, 2.75) is 12.3 Å². The highest BCUT2D eigenvalue weighted by molar-refractivity contribution is 6.00. The van der Waals surface area contributed by atoms with Crippen LogP contribution >= 0.6 is 0 Å². The Morgan fingerprint density at radius 3 is 2.64 bits per heavy atom. The number of hydrogen-bond donors (Lipinski definition) is 0. The molecular weight excluding hydrogens is 360 g/mol. The quantitative estimate of drug-likeness (QED) is 0.692. The van der Waals surface area contributed by atoms with E-state index in [1.807, 2.05) is 30.3 Å². The molecule has 8 heteroatoms. The summed E-state index contributed by atoms with van der Waals surface area (Å²) in [5.41, 5.74) is 0.834. The third kappa shape index (κ3) is 2.87. The summed E-state index contributed by atoms with van der Waals surface area (Å²) in [4.78, 5) is 32.9. The van der Waals surface area contributed by atoms with E-state index in [0.717, 1.165) is 5.69 Å². The summed E-state index contributed by atoms with van der Waals surface area (Å²) in [5.74, 6) is 1.16. The molecule has 0 bridgehead atoms. The Bertz CT molecular complexity index is 992. The second-order valence-corrected chi connectivity index (χ2v) is 7.11. The molecule has 1 unspecified atom stereocenters. The number of anilines is 1. The third-order valence-corrected chi connectivity index (χ3v) is 5.27. The second kappa shape index (κ2) is 6.63. The summed E-state index contributed by atoms with van der Waals surface area (Å²) >= 11 is 0. The average molecular weight is 378 g/mol. The van der Waals surface area contributed by atoms with Crippen LogP contribution in [0.15, 0.2) is 57.7 Å². The second-order valence-electron chi connectivity index (χ2n) is 7.11. The normalized spacial score (nSPS) is 19.9. The number of benzene rings is 1. The van der Waals surface area contributed by atoms with Crippen molar-refractivity contribution >= 4 is 17.5 Å². The fraction of sp³-hybridized carbons (Fsp3) is 0.300. The highest BCUT2D eigenvalue weighted by Crippen LogP contribution is 2.32. The largest absolute Gasteiger partial charge is 0.461 e. The van der Waals surface area contributed by atoms with Gasteiger partial charge in [-0.15, -0.1) is 0 Å². The Balaban J connectivity index is 1.20. The number of furan rings is 1. The number of hydrogen-bond acceptors (Lipinski definition) is 6. The molecule has 142 valence electrons. The molecule has 3 aromatic rings. The molecule has 28 heavy (non-hydrogen) atoms. The monoisotopic (exact) mass is 378 g/mol. The summed E-state index contributed by atoms with van der Waals surface area (Å²) < 4.78 is 10.6. The Morgan fingerprint density at radius 1 is 1.07 bits per heavy atom. The zero-order chi connectivity index (χ0) is 19.1. The van der Waals surface area contributed by atoms with Crippen molar-refractivity contribution < 1.29 is 18.5 Å². The first-order valence-electron chi connectivity index (χ1n) is 9.21. The third-order valence-electron chi connectivity index (χ3n) is 5.27. The average Bonchev–Trinajstić information content (AvgIpc) is 3.41. The number of rotatable bonds is 4. The van der Waals surface area contributed by atoms with Crippen LogP contribution in [0, 0.1) is 5.92 Å². The minimum Gasteiger partial charge on any atom is -0.461 e. The van der Waals surface area contributed by atoms with Gasteiger partial charge in [-0.25, -0.2) is 0 Å². The van der Waals surface area contributed by atoms with Crippen LogP contribution in [0.3, 0.4) is 0 Å². The molecule has 0 radical (unpaired) electrons. The first-order valence-corrected chi connectivity index (χ1v) is 9.21. The topological polar surface area (TPSA) is 92.7 Å². The fourth-order valence-corrected chi connectivity index (χ4v) is 3.71. The number of nitrogens with zero attached hydrogens (tertiary/aromatic N) is 4. The van der Waals surface area contributed by atoms with Gasteiger partial charge in [0.15, 0.2) is 5.76 Å². The van der Waals surface area contributed by atoms with Crippen LogP contribution in [0.4, 0.5) is 5.69 Å². The Hall–Kier alpha value is -3.42. The Morgan fingerprint density at radius 2 is 1.89 bits per heavy atom. The van der Waals surface area contributed by atoms with E-state index in [2.05, 4.69) is 10.1 Å². The first kappa shape index (κ1) is 16.7. The summed E-state index contributed by atoms with van der Waals surface area (Å²) in [5, 5.41) is 3.93. The number of aromatic nitrogens is 2. The molecule has 4 heterocycles. The van der Waals surface area contributed by atoms with Gasteiger partial charge in [-0.05, 0) is 24.3 Å². The van der Waals surface area contributed by atoms with Gasteiger partial charge in [-0.3, -0.25) is 9.59 Å². The van der Waals surface area contributed by atoms with E-state index in [1.165, 1.54) is 0 Å². The van der Waals surface area contributed by atoms with E-state index >= 15 is 0 Å². The molecule has 0 spiro atoms. The van der Waals surface area contributed by atoms with Gasteiger partial charge in [0.2, 0.25) is 23.5 Å². The van der Waals surface area contributed by atoms with Crippen LogP contribution < -0.4 is 4.90 Å². The Labute approximate surface area is 160 Å². The van der Waals surface area contributed by atoms with E-state index in [-0.39, 0.29) is 30.1 Å². The zero-order valence-electron chi connectivity index (χ0n) is 15.0. The van der Waals surface area contributed by atoms with Crippen LogP contribution in [-0.2, 0) is 9.59 Å². The number of carbonyl (C=O) groups is 2. The summed E-state index contributed by atoms with van der Waals surface area (Å²) in [6.07, 6.45) is 1.80. The molecule has 2 aliphatic rings. The lowest BCUT2D eigenvalue weighted by atomic mass is 9.96. The van der Waals surface area contributed by atoms with Gasteiger partial charge in [-0.2, -0.15) is 4.98 Å². The molecule has 2 aromatic heterocycles. The minimum absolute atomic E-state index is 0.00815. The predicted octanol–water partition coefficient (Wildman–Crippen LogP) is 2.31. The molecular formula is C20H18N4O4. The lowest BCUT2D eigenvalue weighted by Crippen LogP contribution is -2.51. The highest BCUT2D eigenvalue weighted by atomic mass is 16.5. The zero-order valence-corrected chi connectivity index (χ0v) is 15.0. The molecule has 2 fully saturated rings. The van der Waals surface area contributed by atoms with Crippen molar-refractivity contribution in [3.05, 3.63) is 54.6 Å². The summed E-state index contributed by atoms with van der Waals surface area (Å²) in [6, 6.07) is 13.0.